The van der Waals surface area contributed by atoms with Crippen molar-refractivity contribution in [3.8, 4) is 5.75 Å². The molecule has 2 saturated heterocycles. The van der Waals surface area contributed by atoms with Crippen LogP contribution in [0.2, 0.25) is 5.02 Å². The molecule has 1 aromatic carbocycles. The summed E-state index contributed by atoms with van der Waals surface area (Å²) in [6.07, 6.45) is 6.48. The molecule has 0 aliphatic carbocycles. The first-order valence-corrected chi connectivity index (χ1v) is 20.0. The highest BCUT2D eigenvalue weighted by atomic mass is 35.5. The van der Waals surface area contributed by atoms with Crippen molar-refractivity contribution >= 4 is 53.0 Å². The van der Waals surface area contributed by atoms with E-state index in [0.29, 0.717) is 37.1 Å². The second-order valence-electron chi connectivity index (χ2n) is 16.0. The van der Waals surface area contributed by atoms with Crippen molar-refractivity contribution in [3.05, 3.63) is 58.7 Å². The minimum atomic E-state index is -1.64. The maximum Gasteiger partial charge on any atom is 0.409 e. The number of anilines is 1. The molecule has 15 nitrogen and oxygen atoms in total. The maximum atomic E-state index is 14.2. The van der Waals surface area contributed by atoms with E-state index in [1.165, 1.54) is 43.0 Å². The number of nitrogens with zero attached hydrogens (tertiary/aromatic N) is 3. The molecule has 8 atom stereocenters. The van der Waals surface area contributed by atoms with Gasteiger partial charge < -0.3 is 33.9 Å². The van der Waals surface area contributed by atoms with Gasteiger partial charge in [0.15, 0.2) is 0 Å². The van der Waals surface area contributed by atoms with Crippen LogP contribution in [0.15, 0.2) is 48.1 Å². The summed E-state index contributed by atoms with van der Waals surface area (Å²) in [5.41, 5.74) is -0.710. The van der Waals surface area contributed by atoms with Crippen LogP contribution in [0.3, 0.4) is 0 Å². The van der Waals surface area contributed by atoms with Crippen LogP contribution in [0.25, 0.3) is 0 Å². The summed E-state index contributed by atoms with van der Waals surface area (Å²) in [5.74, 6) is -2.88. The quantitative estimate of drug-likeness (QED) is 0.145. The van der Waals surface area contributed by atoms with E-state index in [-0.39, 0.29) is 48.6 Å². The van der Waals surface area contributed by atoms with Crippen LogP contribution in [-0.4, -0.2) is 114 Å². The predicted octanol–water partition coefficient (Wildman–Crippen LogP) is 4.62. The van der Waals surface area contributed by atoms with Crippen LogP contribution in [0.1, 0.15) is 78.7 Å². The number of imide groups is 1. The van der Waals surface area contributed by atoms with E-state index in [4.69, 9.17) is 30.5 Å². The van der Waals surface area contributed by atoms with E-state index in [1.54, 1.807) is 39.1 Å². The van der Waals surface area contributed by atoms with Crippen LogP contribution in [-0.2, 0) is 44.6 Å². The molecule has 4 aliphatic heterocycles. The van der Waals surface area contributed by atoms with Gasteiger partial charge in [-0.15, -0.1) is 0 Å². The molecule has 16 heteroatoms. The van der Waals surface area contributed by atoms with Gasteiger partial charge in [-0.1, -0.05) is 55.7 Å². The Morgan fingerprint density at radius 2 is 1.81 bits per heavy atom. The Labute approximate surface area is 344 Å². The van der Waals surface area contributed by atoms with Crippen molar-refractivity contribution in [1.82, 2.24) is 15.1 Å². The topological polar surface area (TPSA) is 185 Å². The zero-order valence-electron chi connectivity index (χ0n) is 34.4. The Bertz CT molecular complexity index is 1880. The Kier molecular flexibility index (Phi) is 13.8. The lowest BCUT2D eigenvalue weighted by molar-refractivity contribution is -0.162. The average Bonchev–Trinajstić information content (AvgIpc) is 3.78. The number of carbonyl (C=O) groups excluding carboxylic acids is 6. The number of amides is 5. The zero-order valence-corrected chi connectivity index (χ0v) is 35.2. The van der Waals surface area contributed by atoms with Crippen molar-refractivity contribution < 1.29 is 52.8 Å². The molecular weight excluding hydrogens is 772 g/mol. The molecule has 5 amide bonds. The lowest BCUT2D eigenvalue weighted by atomic mass is 9.82. The number of fused-ring (bicyclic) bond motifs is 5. The molecule has 0 aromatic heterocycles. The third-order valence-electron chi connectivity index (χ3n) is 11.8. The van der Waals surface area contributed by atoms with Crippen molar-refractivity contribution in [3.63, 3.8) is 0 Å². The van der Waals surface area contributed by atoms with Gasteiger partial charge in [0.1, 0.15) is 40.3 Å². The second-order valence-corrected chi connectivity index (χ2v) is 16.4. The van der Waals surface area contributed by atoms with E-state index in [0.717, 1.165) is 16.0 Å². The fraction of sp³-hybridized carbons (Fsp3) is 0.571. The summed E-state index contributed by atoms with van der Waals surface area (Å²) < 4.78 is 23.6. The zero-order chi connectivity index (χ0) is 42.7. The molecule has 58 heavy (non-hydrogen) atoms. The van der Waals surface area contributed by atoms with E-state index < -0.39 is 65.5 Å². The number of nitrogens with one attached hydrogen (secondary N) is 1. The summed E-state index contributed by atoms with van der Waals surface area (Å²) in [6.45, 7) is 9.05. The van der Waals surface area contributed by atoms with Crippen molar-refractivity contribution in [2.45, 2.75) is 115 Å². The van der Waals surface area contributed by atoms with Crippen molar-refractivity contribution in [2.75, 3.05) is 32.6 Å². The Morgan fingerprint density at radius 1 is 1.12 bits per heavy atom. The molecule has 2 fully saturated rings. The molecule has 0 unspecified atom stereocenters. The van der Waals surface area contributed by atoms with Crippen molar-refractivity contribution in [1.29, 1.82) is 0 Å². The van der Waals surface area contributed by atoms with Crippen LogP contribution >= 0.6 is 11.6 Å². The Hall–Kier alpha value is -4.73. The average molecular weight is 827 g/mol. The third kappa shape index (κ3) is 9.75. The van der Waals surface area contributed by atoms with E-state index in [1.807, 2.05) is 26.0 Å². The van der Waals surface area contributed by atoms with Crippen LogP contribution < -0.4 is 15.0 Å². The summed E-state index contributed by atoms with van der Waals surface area (Å²) in [7, 11) is 4.55. The van der Waals surface area contributed by atoms with Gasteiger partial charge in [0.25, 0.3) is 11.8 Å². The van der Waals surface area contributed by atoms with Gasteiger partial charge in [0, 0.05) is 57.5 Å². The lowest BCUT2D eigenvalue weighted by Gasteiger charge is -2.41. The molecular formula is C42H55ClN4O11. The fourth-order valence-corrected chi connectivity index (χ4v) is 7.99. The highest BCUT2D eigenvalue weighted by molar-refractivity contribution is 6.35. The molecule has 4 heterocycles. The van der Waals surface area contributed by atoms with Gasteiger partial charge in [0.05, 0.1) is 25.3 Å². The Balaban J connectivity index is 1.37. The van der Waals surface area contributed by atoms with Crippen molar-refractivity contribution in [2.24, 2.45) is 11.8 Å². The number of hydrogen-bond donors (Lipinski definition) is 2. The lowest BCUT2D eigenvalue weighted by Crippen LogP contribution is -2.60. The molecule has 1 aromatic rings. The first-order valence-electron chi connectivity index (χ1n) is 19.6. The normalized spacial score (nSPS) is 30.7. The van der Waals surface area contributed by atoms with E-state index in [2.05, 4.69) is 5.32 Å². The molecule has 4 aliphatic rings. The molecule has 0 spiro atoms. The molecule has 0 saturated carbocycles. The number of likely N-dealkylation sites (N-methyl/N-ethyl adjacent to an activating group) is 1. The fourth-order valence-electron chi connectivity index (χ4n) is 7.67. The first-order chi connectivity index (χ1) is 27.3. The van der Waals surface area contributed by atoms with Crippen LogP contribution in [0.4, 0.5) is 10.5 Å². The number of alkyl carbamates (subject to hydrolysis) is 1. The number of ether oxygens (including phenoxy) is 4. The summed E-state index contributed by atoms with van der Waals surface area (Å²) in [4.78, 5) is 81.5. The SMILES string of the molecule is COc1cc2cc(c1Cl)N(C)C(=O)C[C@H](OC(=O)[C@H](C)N(C)C(=O)CCCCCN1C(=O)C=CC1=O)[C@]1(C)O[C@H]1[C@H](C)[C@@H]1C[C@@](O)(NC(=O)O1)[C@H](C)/C=C/C=C(\C)C2. The highest BCUT2D eigenvalue weighted by Crippen LogP contribution is 2.49. The number of epoxide rings is 1. The number of halogens is 1. The van der Waals surface area contributed by atoms with Crippen LogP contribution in [0, 0.1) is 11.8 Å². The monoisotopic (exact) mass is 826 g/mol. The molecule has 0 radical (unpaired) electrons. The molecule has 4 bridgehead atoms. The van der Waals surface area contributed by atoms with Crippen LogP contribution in [0.5, 0.6) is 5.75 Å². The van der Waals surface area contributed by atoms with Gasteiger partial charge in [-0.05, 0) is 57.7 Å². The number of unbranched alkanes of at least 4 members (excludes halogenated alkanes) is 2. The molecule has 2 N–H and O–H groups in total. The highest BCUT2D eigenvalue weighted by Gasteiger charge is 2.64. The number of hydrogen-bond acceptors (Lipinski definition) is 11. The van der Waals surface area contributed by atoms with E-state index >= 15 is 0 Å². The van der Waals surface area contributed by atoms with Gasteiger partial charge >= 0.3 is 12.1 Å². The number of allylic oxidation sites excluding steroid dienone is 3. The minimum Gasteiger partial charge on any atom is -0.495 e. The maximum absolute atomic E-state index is 14.2. The predicted molar refractivity (Wildman–Crippen MR) is 214 cm³/mol. The first kappa shape index (κ1) is 44.4. The second kappa shape index (κ2) is 18.0. The van der Waals surface area contributed by atoms with Gasteiger partial charge in [-0.2, -0.15) is 0 Å². The van der Waals surface area contributed by atoms with Gasteiger partial charge in [-0.3, -0.25) is 29.4 Å². The third-order valence-corrected chi connectivity index (χ3v) is 12.2. The number of aliphatic hydroxyl groups is 1. The largest absolute Gasteiger partial charge is 0.495 e. The molecule has 316 valence electrons. The Morgan fingerprint density at radius 3 is 2.48 bits per heavy atom. The molecule has 5 rings (SSSR count). The number of rotatable bonds is 10. The number of carbonyl (C=O) groups is 6. The smallest absolute Gasteiger partial charge is 0.409 e. The van der Waals surface area contributed by atoms with Gasteiger partial charge in [0.2, 0.25) is 11.8 Å². The minimum absolute atomic E-state index is 0.0377. The summed E-state index contributed by atoms with van der Waals surface area (Å²) >= 11 is 6.77. The standard InChI is InChI=1S/C42H55ClN4O11/c1-24-13-12-14-25(2)42(54)23-31(56-40(53)44-42)26(3)38-41(5,58-38)32(22-36(51)46(7)29-20-28(19-24)21-30(55-8)37(29)43)57-39(52)27(4)45(6)33(48)15-10-9-11-18-47-34(49)16-17-35(47)50/h12-14,16-17,20-21,25-27,31-32,38,54H,9-11,15,18-19,22-23H2,1-8H3,(H,44,53)/b14-12+,24-13+/t25-,26-,27+,31+,32+,38+,41+,42+/m1/s1. The summed E-state index contributed by atoms with van der Waals surface area (Å²) in [6, 6.07) is 2.55. The number of esters is 1. The van der Waals surface area contributed by atoms with Gasteiger partial charge in [-0.25, -0.2) is 9.59 Å². The summed E-state index contributed by atoms with van der Waals surface area (Å²) in [5, 5.41) is 14.5. The number of methoxy groups -OCH3 is 1. The van der Waals surface area contributed by atoms with E-state index in [9.17, 15) is 33.9 Å². The number of benzene rings is 1.